The normalized spacial score (nSPS) is 13.2. The van der Waals surface area contributed by atoms with E-state index in [1.54, 1.807) is 21.8 Å². The summed E-state index contributed by atoms with van der Waals surface area (Å²) in [6.45, 7) is 5.04. The van der Waals surface area contributed by atoms with Crippen LogP contribution in [0.2, 0.25) is 0 Å². The highest BCUT2D eigenvalue weighted by molar-refractivity contribution is 7.99. The topological polar surface area (TPSA) is 93.4 Å². The first-order valence-corrected chi connectivity index (χ1v) is 11.3. The number of thioether (sulfide) groups is 1. The molecule has 0 fully saturated rings. The van der Waals surface area contributed by atoms with E-state index in [0.29, 0.717) is 40.9 Å². The van der Waals surface area contributed by atoms with E-state index >= 15 is 0 Å². The second-order valence-electron chi connectivity index (χ2n) is 7.73. The van der Waals surface area contributed by atoms with E-state index in [-0.39, 0.29) is 23.8 Å². The molecule has 0 aliphatic carbocycles. The number of nitrogens with one attached hydrogen (secondary N) is 1. The van der Waals surface area contributed by atoms with Gasteiger partial charge in [0.1, 0.15) is 23.6 Å². The Labute approximate surface area is 188 Å². The van der Waals surface area contributed by atoms with Gasteiger partial charge in [-0.1, -0.05) is 17.8 Å². The quantitative estimate of drug-likeness (QED) is 0.370. The Balaban J connectivity index is 1.45. The lowest BCUT2D eigenvalue weighted by molar-refractivity contribution is -0.116. The zero-order valence-corrected chi connectivity index (χ0v) is 18.6. The highest BCUT2D eigenvalue weighted by Crippen LogP contribution is 2.33. The molecule has 3 aromatic heterocycles. The van der Waals surface area contributed by atoms with Crippen molar-refractivity contribution in [1.82, 2.24) is 14.5 Å². The molecule has 0 saturated carbocycles. The van der Waals surface area contributed by atoms with E-state index in [2.05, 4.69) is 9.97 Å². The molecule has 1 aliphatic rings. The molecule has 1 aromatic carbocycles. The van der Waals surface area contributed by atoms with Crippen LogP contribution < -0.4 is 15.2 Å². The van der Waals surface area contributed by atoms with Gasteiger partial charge >= 0.3 is 0 Å². The third kappa shape index (κ3) is 3.80. The van der Waals surface area contributed by atoms with Crippen LogP contribution in [0.5, 0.6) is 5.75 Å². The maximum atomic E-state index is 13.2. The average molecular weight is 451 g/mol. The van der Waals surface area contributed by atoms with Gasteiger partial charge in [0, 0.05) is 5.69 Å². The molecule has 1 aliphatic heterocycles. The van der Waals surface area contributed by atoms with Gasteiger partial charge in [-0.15, -0.1) is 0 Å². The maximum absolute atomic E-state index is 13.2. The zero-order chi connectivity index (χ0) is 22.2. The van der Waals surface area contributed by atoms with Crippen LogP contribution >= 0.6 is 11.8 Å². The van der Waals surface area contributed by atoms with Crippen molar-refractivity contribution >= 4 is 34.4 Å². The summed E-state index contributed by atoms with van der Waals surface area (Å²) >= 11 is 1.25. The summed E-state index contributed by atoms with van der Waals surface area (Å²) in [6.07, 6.45) is 1.57. The van der Waals surface area contributed by atoms with Gasteiger partial charge in [0.05, 0.1) is 36.3 Å². The number of aromatic nitrogens is 3. The molecular weight excluding hydrogens is 428 g/mol. The highest BCUT2D eigenvalue weighted by atomic mass is 32.2. The van der Waals surface area contributed by atoms with E-state index in [4.69, 9.17) is 9.15 Å². The van der Waals surface area contributed by atoms with Crippen molar-refractivity contribution in [2.45, 2.75) is 25.5 Å². The number of hydrogen-bond donors (Lipinski definition) is 1. The number of benzene rings is 1. The maximum Gasteiger partial charge on any atom is 0.278 e. The van der Waals surface area contributed by atoms with Crippen molar-refractivity contribution in [3.05, 3.63) is 70.0 Å². The summed E-state index contributed by atoms with van der Waals surface area (Å²) in [7, 11) is 0. The van der Waals surface area contributed by atoms with Crippen LogP contribution in [0, 0.1) is 13.8 Å². The Morgan fingerprint density at radius 1 is 1.25 bits per heavy atom. The molecule has 0 saturated heterocycles. The summed E-state index contributed by atoms with van der Waals surface area (Å²) < 4.78 is 12.7. The molecule has 32 heavy (non-hydrogen) atoms. The number of nitrogens with zero attached hydrogens (tertiary/aromatic N) is 3. The number of carbonyl (C=O) groups excluding carboxylic acids is 1. The van der Waals surface area contributed by atoms with E-state index < -0.39 is 0 Å². The van der Waals surface area contributed by atoms with Gasteiger partial charge in [-0.3, -0.25) is 14.2 Å². The zero-order valence-electron chi connectivity index (χ0n) is 17.8. The Kier molecular flexibility index (Phi) is 5.26. The van der Waals surface area contributed by atoms with Gasteiger partial charge in [-0.25, -0.2) is 4.98 Å². The highest BCUT2D eigenvalue weighted by Gasteiger charge is 2.25. The molecule has 0 bridgehead atoms. The molecule has 0 atom stereocenters. The predicted octanol–water partition coefficient (Wildman–Crippen LogP) is 3.50. The first-order valence-electron chi connectivity index (χ1n) is 10.3. The second-order valence-corrected chi connectivity index (χ2v) is 8.67. The number of aryl methyl sites for hydroxylation is 2. The minimum absolute atomic E-state index is 0.0608. The lowest BCUT2D eigenvalue weighted by Gasteiger charge is -2.29. The van der Waals surface area contributed by atoms with Crippen LogP contribution in [-0.2, 0) is 11.3 Å². The fourth-order valence-corrected chi connectivity index (χ4v) is 4.68. The molecular formula is C23H22N4O4S. The lowest BCUT2D eigenvalue weighted by atomic mass is 10.1. The standard InChI is InChI=1S/C23H22N4O4S/c1-14-5-6-19-18(10-14)26(7-9-31-19)20(28)13-32-23-25-17-11-15(2)24-21(17)22(29)27(23)12-16-4-3-8-30-16/h3-6,8,10-11,24H,7,9,12-13H2,1-2H3. The molecule has 4 heterocycles. The van der Waals surface area contributed by atoms with Crippen LogP contribution in [0.1, 0.15) is 17.0 Å². The number of H-pyrrole nitrogens is 1. The molecule has 9 heteroatoms. The number of anilines is 1. The number of aromatic amines is 1. The van der Waals surface area contributed by atoms with Gasteiger partial charge in [0.25, 0.3) is 5.56 Å². The van der Waals surface area contributed by atoms with Gasteiger partial charge in [0.15, 0.2) is 5.16 Å². The number of hydrogen-bond acceptors (Lipinski definition) is 6. The van der Waals surface area contributed by atoms with Gasteiger partial charge in [-0.05, 0) is 49.7 Å². The molecule has 0 unspecified atom stereocenters. The molecule has 4 aromatic rings. The summed E-state index contributed by atoms with van der Waals surface area (Å²) in [5, 5.41) is 0.476. The second kappa shape index (κ2) is 8.23. The van der Waals surface area contributed by atoms with Crippen molar-refractivity contribution in [1.29, 1.82) is 0 Å². The summed E-state index contributed by atoms with van der Waals surface area (Å²) in [4.78, 5) is 35.8. The van der Waals surface area contributed by atoms with Crippen LogP contribution in [0.25, 0.3) is 11.0 Å². The first kappa shape index (κ1) is 20.4. The monoisotopic (exact) mass is 450 g/mol. The number of ether oxygens (including phenoxy) is 1. The molecule has 5 rings (SSSR count). The van der Waals surface area contributed by atoms with Crippen molar-refractivity contribution in [2.24, 2.45) is 0 Å². The van der Waals surface area contributed by atoms with Crippen molar-refractivity contribution in [3.8, 4) is 5.75 Å². The summed E-state index contributed by atoms with van der Waals surface area (Å²) in [5.41, 5.74) is 3.53. The molecule has 1 amide bonds. The molecule has 164 valence electrons. The van der Waals surface area contributed by atoms with E-state index in [0.717, 1.165) is 16.9 Å². The van der Waals surface area contributed by atoms with Crippen LogP contribution in [0.15, 0.2) is 57.0 Å². The Hall–Kier alpha value is -3.46. The molecule has 1 N–H and O–H groups in total. The van der Waals surface area contributed by atoms with Crippen LogP contribution in [-0.4, -0.2) is 39.3 Å². The SMILES string of the molecule is Cc1ccc2c(c1)N(C(=O)CSc1nc3cc(C)[nH]c3c(=O)n1Cc1ccco1)CCO2. The van der Waals surface area contributed by atoms with Gasteiger partial charge < -0.3 is 19.0 Å². The number of fused-ring (bicyclic) bond motifs is 2. The molecule has 8 nitrogen and oxygen atoms in total. The lowest BCUT2D eigenvalue weighted by Crippen LogP contribution is -2.39. The molecule has 0 spiro atoms. The van der Waals surface area contributed by atoms with Crippen LogP contribution in [0.4, 0.5) is 5.69 Å². The number of carbonyl (C=O) groups is 1. The summed E-state index contributed by atoms with van der Waals surface area (Å²) in [5.74, 6) is 1.43. The third-order valence-corrected chi connectivity index (χ3v) is 6.30. The minimum atomic E-state index is -0.193. The fourth-order valence-electron chi connectivity index (χ4n) is 3.81. The fraction of sp³-hybridized carbons (Fsp3) is 0.261. The van der Waals surface area contributed by atoms with E-state index in [1.165, 1.54) is 11.8 Å². The smallest absolute Gasteiger partial charge is 0.278 e. The number of furan rings is 1. The number of rotatable bonds is 5. The Morgan fingerprint density at radius 3 is 2.94 bits per heavy atom. The first-order chi connectivity index (χ1) is 15.5. The van der Waals surface area contributed by atoms with Crippen molar-refractivity contribution in [2.75, 3.05) is 23.8 Å². The average Bonchev–Trinajstić information content (AvgIpc) is 3.43. The minimum Gasteiger partial charge on any atom is -0.490 e. The Morgan fingerprint density at radius 2 is 2.12 bits per heavy atom. The Bertz CT molecular complexity index is 1360. The third-order valence-electron chi connectivity index (χ3n) is 5.34. The van der Waals surface area contributed by atoms with E-state index in [9.17, 15) is 9.59 Å². The summed E-state index contributed by atoms with van der Waals surface area (Å²) in [6, 6.07) is 11.2. The van der Waals surface area contributed by atoms with Crippen molar-refractivity contribution in [3.63, 3.8) is 0 Å². The number of amides is 1. The van der Waals surface area contributed by atoms with E-state index in [1.807, 2.05) is 44.2 Å². The van der Waals surface area contributed by atoms with Crippen LogP contribution in [0.3, 0.4) is 0 Å². The van der Waals surface area contributed by atoms with Gasteiger partial charge in [0.2, 0.25) is 5.91 Å². The molecule has 0 radical (unpaired) electrons. The largest absolute Gasteiger partial charge is 0.490 e. The van der Waals surface area contributed by atoms with Gasteiger partial charge in [-0.2, -0.15) is 0 Å². The van der Waals surface area contributed by atoms with Crippen molar-refractivity contribution < 1.29 is 13.9 Å². The predicted molar refractivity (Wildman–Crippen MR) is 123 cm³/mol.